The molecule has 60 heavy (non-hydrogen) atoms. The molecule has 0 bridgehead atoms. The van der Waals surface area contributed by atoms with Gasteiger partial charge in [0.05, 0.1) is 18.1 Å². The topological polar surface area (TPSA) is 30.9 Å². The van der Waals surface area contributed by atoms with Crippen molar-refractivity contribution in [2.24, 2.45) is 34.6 Å². The van der Waals surface area contributed by atoms with E-state index in [4.69, 9.17) is 4.99 Å². The first-order chi connectivity index (χ1) is 29.7. The third-order valence-electron chi connectivity index (χ3n) is 15.0. The van der Waals surface area contributed by atoms with Crippen LogP contribution in [0.25, 0.3) is 0 Å². The van der Waals surface area contributed by atoms with Gasteiger partial charge >= 0.3 is 0 Å². The van der Waals surface area contributed by atoms with E-state index in [0.717, 1.165) is 44.4 Å². The smallest absolute Gasteiger partial charge is 0.109 e. The van der Waals surface area contributed by atoms with Crippen molar-refractivity contribution in [2.75, 3.05) is 5.32 Å². The number of rotatable bonds is 6. The fourth-order valence-electron chi connectivity index (χ4n) is 12.2. The van der Waals surface area contributed by atoms with Gasteiger partial charge in [0.25, 0.3) is 0 Å². The number of nitrogens with one attached hydrogen (secondary N) is 1. The van der Waals surface area contributed by atoms with E-state index in [1.807, 2.05) is 0 Å². The lowest BCUT2D eigenvalue weighted by Crippen LogP contribution is -2.36. The average molecular weight is 783 g/mol. The molecule has 9 unspecified atom stereocenters. The van der Waals surface area contributed by atoms with Gasteiger partial charge in [0, 0.05) is 52.0 Å². The van der Waals surface area contributed by atoms with Crippen LogP contribution in [-0.4, -0.2) is 33.8 Å². The van der Waals surface area contributed by atoms with E-state index in [-0.39, 0.29) is 12.0 Å². The maximum absolute atomic E-state index is 5.39. The molecule has 0 amide bonds. The zero-order valence-electron chi connectivity index (χ0n) is 34.4. The summed E-state index contributed by atoms with van der Waals surface area (Å²) in [6.45, 7) is 0. The summed E-state index contributed by atoms with van der Waals surface area (Å²) in [5.74, 6) is 3.23. The normalized spacial score (nSPS) is 33.1. The highest BCUT2D eigenvalue weighted by atomic mass is 15.2. The van der Waals surface area contributed by atoms with E-state index < -0.39 is 0 Å². The number of benzene rings is 2. The molecule has 2 aromatic carbocycles. The second-order valence-corrected chi connectivity index (χ2v) is 18.3. The van der Waals surface area contributed by atoms with Crippen molar-refractivity contribution < 1.29 is 0 Å². The maximum atomic E-state index is 5.39. The molecule has 4 heteroatoms. The number of fused-ring (bicyclic) bond motifs is 6. The highest BCUT2D eigenvalue weighted by Crippen LogP contribution is 2.52. The Labute approximate surface area is 355 Å². The molecule has 9 atom stereocenters. The van der Waals surface area contributed by atoms with Crippen molar-refractivity contribution in [3.05, 3.63) is 221 Å². The van der Waals surface area contributed by atoms with Crippen molar-refractivity contribution in [1.82, 2.24) is 9.80 Å². The highest BCUT2D eigenvalue weighted by molar-refractivity contribution is 6.01. The Morgan fingerprint density at radius 2 is 1.53 bits per heavy atom. The zero-order valence-corrected chi connectivity index (χ0v) is 34.4. The predicted molar refractivity (Wildman–Crippen MR) is 247 cm³/mol. The van der Waals surface area contributed by atoms with Gasteiger partial charge < -0.3 is 15.1 Å². The van der Waals surface area contributed by atoms with Crippen molar-refractivity contribution in [3.63, 3.8) is 0 Å². The minimum absolute atomic E-state index is 0.000451. The lowest BCUT2D eigenvalue weighted by atomic mass is 9.74. The largest absolute Gasteiger partial charge is 0.361 e. The summed E-state index contributed by atoms with van der Waals surface area (Å²) in [5.41, 5.74) is 14.2. The van der Waals surface area contributed by atoms with Crippen molar-refractivity contribution in [1.29, 1.82) is 0 Å². The van der Waals surface area contributed by atoms with Crippen LogP contribution < -0.4 is 5.32 Å². The summed E-state index contributed by atoms with van der Waals surface area (Å²) in [6.07, 6.45) is 55.2. The van der Waals surface area contributed by atoms with Crippen LogP contribution in [-0.2, 0) is 0 Å². The molecule has 0 spiro atoms. The average Bonchev–Trinajstić information content (AvgIpc) is 3.84. The summed E-state index contributed by atoms with van der Waals surface area (Å²) in [6, 6.07) is 20.6. The number of anilines is 1. The Hall–Kier alpha value is -5.87. The van der Waals surface area contributed by atoms with Gasteiger partial charge in [-0.05, 0) is 97.8 Å². The van der Waals surface area contributed by atoms with Gasteiger partial charge in [0.15, 0.2) is 0 Å². The molecule has 0 saturated carbocycles. The summed E-state index contributed by atoms with van der Waals surface area (Å²) in [7, 11) is 0. The SMILES string of the molecule is C1=CCCC(C2C=CC3C(C2)C2=C(CCC(C4=CC5C6C=CC=CC6N(C6=CC=CCC6)C5C=C4)=C2)N3C2=CCC(C3=NC(c4ccccc4)c4ccccc4N3)C=C2)=C1. The molecule has 2 aromatic rings. The third kappa shape index (κ3) is 6.13. The van der Waals surface area contributed by atoms with Crippen LogP contribution in [0.4, 0.5) is 5.69 Å². The van der Waals surface area contributed by atoms with Crippen LogP contribution in [0.5, 0.6) is 0 Å². The number of amidine groups is 1. The van der Waals surface area contributed by atoms with Gasteiger partial charge in [-0.2, -0.15) is 0 Å². The van der Waals surface area contributed by atoms with E-state index in [2.05, 4.69) is 185 Å². The summed E-state index contributed by atoms with van der Waals surface area (Å²) < 4.78 is 0. The molecule has 1 saturated heterocycles. The van der Waals surface area contributed by atoms with Gasteiger partial charge in [-0.15, -0.1) is 0 Å². The fourth-order valence-corrected chi connectivity index (χ4v) is 12.2. The van der Waals surface area contributed by atoms with E-state index >= 15 is 0 Å². The third-order valence-corrected chi connectivity index (χ3v) is 15.0. The maximum Gasteiger partial charge on any atom is 0.109 e. The van der Waals surface area contributed by atoms with Crippen LogP contribution in [0.1, 0.15) is 68.5 Å². The molecule has 1 N–H and O–H groups in total. The molecule has 0 radical (unpaired) electrons. The first-order valence-corrected chi connectivity index (χ1v) is 22.8. The zero-order chi connectivity index (χ0) is 39.6. The van der Waals surface area contributed by atoms with E-state index in [1.54, 1.807) is 16.8 Å². The number of nitrogens with zero attached hydrogens (tertiary/aromatic N) is 3. The predicted octanol–water partition coefficient (Wildman–Crippen LogP) is 12.3. The Kier molecular flexibility index (Phi) is 9.00. The van der Waals surface area contributed by atoms with Crippen LogP contribution >= 0.6 is 0 Å². The minimum atomic E-state index is -0.000451. The molecule has 298 valence electrons. The monoisotopic (exact) mass is 782 g/mol. The Morgan fingerprint density at radius 1 is 0.683 bits per heavy atom. The van der Waals surface area contributed by atoms with Gasteiger partial charge in [-0.1, -0.05) is 157 Å². The molecule has 3 aliphatic heterocycles. The Bertz CT molecular complexity index is 2540. The molecule has 10 aliphatic rings. The molecule has 0 aromatic heterocycles. The molecular weight excluding hydrogens is 729 g/mol. The first kappa shape index (κ1) is 36.0. The van der Waals surface area contributed by atoms with Crippen LogP contribution in [0.3, 0.4) is 0 Å². The van der Waals surface area contributed by atoms with E-state index in [0.29, 0.717) is 41.8 Å². The van der Waals surface area contributed by atoms with Gasteiger partial charge in [-0.3, -0.25) is 4.99 Å². The van der Waals surface area contributed by atoms with Crippen molar-refractivity contribution >= 4 is 11.5 Å². The summed E-state index contributed by atoms with van der Waals surface area (Å²) in [5, 5.41) is 3.75. The van der Waals surface area contributed by atoms with Gasteiger partial charge in [-0.25, -0.2) is 0 Å². The number of hydrogen-bond acceptors (Lipinski definition) is 4. The van der Waals surface area contributed by atoms with Gasteiger partial charge in [0.2, 0.25) is 0 Å². The minimum Gasteiger partial charge on any atom is -0.361 e. The van der Waals surface area contributed by atoms with Crippen LogP contribution in [0.2, 0.25) is 0 Å². The molecule has 7 aliphatic carbocycles. The number of allylic oxidation sites excluding steroid dienone is 18. The second-order valence-electron chi connectivity index (χ2n) is 18.3. The summed E-state index contributed by atoms with van der Waals surface area (Å²) in [4.78, 5) is 10.9. The molecule has 4 nitrogen and oxygen atoms in total. The fraction of sp³-hybridized carbons (Fsp3) is 0.304. The number of likely N-dealkylation sites (tertiary alicyclic amines) is 1. The Morgan fingerprint density at radius 3 is 2.38 bits per heavy atom. The molecule has 1 fully saturated rings. The van der Waals surface area contributed by atoms with Crippen molar-refractivity contribution in [2.45, 2.75) is 75.5 Å². The Balaban J connectivity index is 0.859. The summed E-state index contributed by atoms with van der Waals surface area (Å²) >= 11 is 0. The van der Waals surface area contributed by atoms with Crippen LogP contribution in [0.15, 0.2) is 214 Å². The quantitative estimate of drug-likeness (QED) is 0.296. The number of aliphatic imine (C=N–C) groups is 1. The van der Waals surface area contributed by atoms with Crippen LogP contribution in [0, 0.1) is 29.6 Å². The number of para-hydroxylation sites is 1. The molecule has 12 rings (SSSR count). The standard InChI is InChI=1S/C56H54N4/c1-4-14-37(15-5-1)40-26-31-53-48(34-40)49-36-42(41-27-32-52-47(35-41)45-20-11-13-23-51(45)59(52)43-18-8-3-9-19-43)28-33-54(49)60(53)44-29-24-39(25-30-44)56-57-50-22-12-10-21-46(50)55(58-56)38-16-6-2-7-17-38/h1-4,6-8,10-14,16-18,20-24,26-27,29-32,35-36,39-40,45,47-48,51-53,55H,5,9,15,19,25,28,33-34H2,(H,57,58). The second kappa shape index (κ2) is 15.0. The van der Waals surface area contributed by atoms with E-state index in [9.17, 15) is 0 Å². The highest BCUT2D eigenvalue weighted by Gasteiger charge is 2.48. The molecular formula is C56H54N4. The lowest BCUT2D eigenvalue weighted by molar-refractivity contribution is 0.291. The number of hydrogen-bond donors (Lipinski definition) is 1. The van der Waals surface area contributed by atoms with Gasteiger partial charge in [0.1, 0.15) is 11.9 Å². The van der Waals surface area contributed by atoms with E-state index in [1.165, 1.54) is 52.2 Å². The van der Waals surface area contributed by atoms with Crippen molar-refractivity contribution in [3.8, 4) is 0 Å². The lowest BCUT2D eigenvalue weighted by Gasteiger charge is -2.37. The molecule has 3 heterocycles. The first-order valence-electron chi connectivity index (χ1n) is 22.8.